The van der Waals surface area contributed by atoms with Crippen molar-refractivity contribution in [3.63, 3.8) is 0 Å². The van der Waals surface area contributed by atoms with Gasteiger partial charge in [-0.25, -0.2) is 4.90 Å². The molecule has 15 heavy (non-hydrogen) atoms. The lowest BCUT2D eigenvalue weighted by Crippen LogP contribution is -2.36. The Morgan fingerprint density at radius 1 is 1.33 bits per heavy atom. The van der Waals surface area contributed by atoms with E-state index in [1.807, 2.05) is 0 Å². The highest BCUT2D eigenvalue weighted by atomic mass is 16.5. The van der Waals surface area contributed by atoms with Crippen LogP contribution in [0.25, 0.3) is 0 Å². The lowest BCUT2D eigenvalue weighted by molar-refractivity contribution is -0.604. The van der Waals surface area contributed by atoms with E-state index in [2.05, 4.69) is 0 Å². The van der Waals surface area contributed by atoms with E-state index in [4.69, 9.17) is 0 Å². The number of aromatic nitrogens is 1. The predicted molar refractivity (Wildman–Crippen MR) is 54.0 cm³/mol. The molecular weight excluding hydrogens is 196 g/mol. The summed E-state index contributed by atoms with van der Waals surface area (Å²) in [6.07, 6.45) is 2.52. The maximum Gasteiger partial charge on any atom is 0.230 e. The molecule has 0 saturated carbocycles. The zero-order valence-electron chi connectivity index (χ0n) is 8.85. The van der Waals surface area contributed by atoms with Crippen LogP contribution in [0.1, 0.15) is 19.4 Å². The topological polar surface area (TPSA) is 64.3 Å². The third-order valence-electron chi connectivity index (χ3n) is 2.00. The van der Waals surface area contributed by atoms with Crippen molar-refractivity contribution >= 4 is 17.5 Å². The lowest BCUT2D eigenvalue weighted by atomic mass is 10.2. The number of carbonyl (C=O) groups is 2. The quantitative estimate of drug-likeness (QED) is 0.499. The van der Waals surface area contributed by atoms with Crippen LogP contribution in [0.15, 0.2) is 18.5 Å². The molecule has 0 spiro atoms. The number of hydrogen-bond donors (Lipinski definition) is 0. The third kappa shape index (κ3) is 2.31. The second kappa shape index (κ2) is 4.08. The standard InChI is InChI=1S/C10H12N2O3/c1-7-4-5-11(15)6-10(7)12(8(2)13)9(3)14/h4-6H,1-3H3. The van der Waals surface area contributed by atoms with Gasteiger partial charge in [-0.1, -0.05) is 0 Å². The number of imide groups is 1. The molecule has 1 aromatic rings. The van der Waals surface area contributed by atoms with Crippen molar-refractivity contribution in [3.05, 3.63) is 29.2 Å². The lowest BCUT2D eigenvalue weighted by Gasteiger charge is -2.17. The number of amides is 2. The SMILES string of the molecule is CC(=O)N(C(C)=O)c1c[n+]([O-])ccc1C. The fourth-order valence-electron chi connectivity index (χ4n) is 1.33. The van der Waals surface area contributed by atoms with Crippen molar-refractivity contribution in [2.24, 2.45) is 0 Å². The van der Waals surface area contributed by atoms with Gasteiger partial charge in [0.2, 0.25) is 18.0 Å². The van der Waals surface area contributed by atoms with E-state index in [9.17, 15) is 14.8 Å². The largest absolute Gasteiger partial charge is 0.619 e. The number of pyridine rings is 1. The van der Waals surface area contributed by atoms with Gasteiger partial charge in [0.15, 0.2) is 6.20 Å². The van der Waals surface area contributed by atoms with Crippen molar-refractivity contribution in [2.45, 2.75) is 20.8 Å². The molecule has 1 rings (SSSR count). The minimum Gasteiger partial charge on any atom is -0.619 e. The van der Waals surface area contributed by atoms with Gasteiger partial charge in [-0.15, -0.1) is 0 Å². The second-order valence-electron chi connectivity index (χ2n) is 3.25. The van der Waals surface area contributed by atoms with Crippen molar-refractivity contribution in [2.75, 3.05) is 4.90 Å². The summed E-state index contributed by atoms with van der Waals surface area (Å²) in [5, 5.41) is 11.1. The molecule has 0 aliphatic carbocycles. The van der Waals surface area contributed by atoms with E-state index in [1.54, 1.807) is 13.0 Å². The van der Waals surface area contributed by atoms with Crippen LogP contribution >= 0.6 is 0 Å². The molecule has 0 aliphatic heterocycles. The number of carbonyl (C=O) groups excluding carboxylic acids is 2. The van der Waals surface area contributed by atoms with Gasteiger partial charge in [0.1, 0.15) is 5.69 Å². The maximum atomic E-state index is 11.2. The fraction of sp³-hybridized carbons (Fsp3) is 0.300. The van der Waals surface area contributed by atoms with Crippen molar-refractivity contribution in [3.8, 4) is 0 Å². The minimum atomic E-state index is -0.406. The minimum absolute atomic E-state index is 0.326. The molecule has 1 heterocycles. The summed E-state index contributed by atoms with van der Waals surface area (Å²) in [6.45, 7) is 4.29. The summed E-state index contributed by atoms with van der Waals surface area (Å²) in [6, 6.07) is 1.56. The normalized spacial score (nSPS) is 9.80. The van der Waals surface area contributed by atoms with Crippen molar-refractivity contribution in [1.29, 1.82) is 0 Å². The van der Waals surface area contributed by atoms with E-state index in [1.165, 1.54) is 26.2 Å². The fourth-order valence-corrected chi connectivity index (χ4v) is 1.33. The molecule has 5 heteroatoms. The van der Waals surface area contributed by atoms with Crippen molar-refractivity contribution in [1.82, 2.24) is 0 Å². The van der Waals surface area contributed by atoms with Gasteiger partial charge in [0.05, 0.1) is 0 Å². The van der Waals surface area contributed by atoms with Crippen LogP contribution < -0.4 is 9.63 Å². The molecular formula is C10H12N2O3. The van der Waals surface area contributed by atoms with Gasteiger partial charge in [-0.05, 0) is 12.5 Å². The van der Waals surface area contributed by atoms with E-state index in [0.717, 1.165) is 4.90 Å². The van der Waals surface area contributed by atoms with Crippen LogP contribution in [0.3, 0.4) is 0 Å². The molecule has 5 nitrogen and oxygen atoms in total. The first-order chi connectivity index (χ1) is 6.93. The van der Waals surface area contributed by atoms with Gasteiger partial charge in [0, 0.05) is 19.9 Å². The summed E-state index contributed by atoms with van der Waals surface area (Å²) >= 11 is 0. The van der Waals surface area contributed by atoms with Gasteiger partial charge in [-0.3, -0.25) is 9.59 Å². The number of anilines is 1. The summed E-state index contributed by atoms with van der Waals surface area (Å²) in [7, 11) is 0. The van der Waals surface area contributed by atoms with Crippen LogP contribution in [-0.4, -0.2) is 11.8 Å². The summed E-state index contributed by atoms with van der Waals surface area (Å²) < 4.78 is 0.557. The van der Waals surface area contributed by atoms with Crippen LogP contribution in [-0.2, 0) is 9.59 Å². The van der Waals surface area contributed by atoms with E-state index in [-0.39, 0.29) is 0 Å². The Bertz CT molecular complexity index is 401. The number of nitrogens with zero attached hydrogens (tertiary/aromatic N) is 2. The van der Waals surface area contributed by atoms with E-state index < -0.39 is 11.8 Å². The summed E-state index contributed by atoms with van der Waals surface area (Å²) in [4.78, 5) is 23.5. The van der Waals surface area contributed by atoms with Crippen LogP contribution in [0, 0.1) is 12.1 Å². The molecule has 0 fully saturated rings. The molecule has 0 atom stereocenters. The molecule has 0 radical (unpaired) electrons. The van der Waals surface area contributed by atoms with Gasteiger partial charge < -0.3 is 5.21 Å². The van der Waals surface area contributed by atoms with Crippen LogP contribution in [0.4, 0.5) is 5.69 Å². The Morgan fingerprint density at radius 3 is 2.33 bits per heavy atom. The van der Waals surface area contributed by atoms with Gasteiger partial charge in [-0.2, -0.15) is 4.73 Å². The Kier molecular flexibility index (Phi) is 3.04. The molecule has 80 valence electrons. The molecule has 0 bridgehead atoms. The highest BCUT2D eigenvalue weighted by Crippen LogP contribution is 2.17. The molecule has 0 unspecified atom stereocenters. The number of rotatable bonds is 1. The number of aryl methyl sites for hydroxylation is 1. The van der Waals surface area contributed by atoms with Crippen LogP contribution in [0.5, 0.6) is 0 Å². The molecule has 1 aromatic heterocycles. The zero-order chi connectivity index (χ0) is 11.6. The first kappa shape index (κ1) is 11.2. The Balaban J connectivity index is 3.28. The first-order valence-electron chi connectivity index (χ1n) is 4.44. The molecule has 0 saturated heterocycles. The highest BCUT2D eigenvalue weighted by molar-refractivity contribution is 6.13. The smallest absolute Gasteiger partial charge is 0.230 e. The molecule has 2 amide bonds. The highest BCUT2D eigenvalue weighted by Gasteiger charge is 2.20. The zero-order valence-corrected chi connectivity index (χ0v) is 8.85. The average Bonchev–Trinajstić information content (AvgIpc) is 2.10. The van der Waals surface area contributed by atoms with Crippen LogP contribution in [0.2, 0.25) is 0 Å². The van der Waals surface area contributed by atoms with E-state index in [0.29, 0.717) is 16.0 Å². The first-order valence-corrected chi connectivity index (χ1v) is 4.44. The predicted octanol–water partition coefficient (Wildman–Crippen LogP) is 0.528. The average molecular weight is 208 g/mol. The molecule has 0 aromatic carbocycles. The second-order valence-corrected chi connectivity index (χ2v) is 3.25. The Morgan fingerprint density at radius 2 is 1.87 bits per heavy atom. The monoisotopic (exact) mass is 208 g/mol. The molecule has 0 aliphatic rings. The third-order valence-corrected chi connectivity index (χ3v) is 2.00. The summed E-state index contributed by atoms with van der Waals surface area (Å²) in [5.74, 6) is -0.811. The van der Waals surface area contributed by atoms with Gasteiger partial charge >= 0.3 is 0 Å². The van der Waals surface area contributed by atoms with Gasteiger partial charge in [0.25, 0.3) is 0 Å². The summed E-state index contributed by atoms with van der Waals surface area (Å²) in [5.41, 5.74) is 1.03. The Labute approximate surface area is 87.5 Å². The molecule has 0 N–H and O–H groups in total. The van der Waals surface area contributed by atoms with E-state index >= 15 is 0 Å². The Hall–Kier alpha value is -1.91. The maximum absolute atomic E-state index is 11.2. The van der Waals surface area contributed by atoms with Crippen molar-refractivity contribution < 1.29 is 14.3 Å². The number of hydrogen-bond acceptors (Lipinski definition) is 3.